The molecule has 1 heterocycles. The summed E-state index contributed by atoms with van der Waals surface area (Å²) in [7, 11) is 0. The highest BCUT2D eigenvalue weighted by Gasteiger charge is 2.07. The van der Waals surface area contributed by atoms with E-state index in [1.54, 1.807) is 0 Å². The molecule has 47 valence electrons. The number of halogens is 2. The van der Waals surface area contributed by atoms with Gasteiger partial charge in [-0.05, 0) is 6.07 Å². The minimum atomic E-state index is -1.42. The lowest BCUT2D eigenvalue weighted by Crippen LogP contribution is -1.84. The third kappa shape index (κ3) is 0.960. The Kier molecular flexibility index (Phi) is 1.30. The van der Waals surface area contributed by atoms with Gasteiger partial charge in [0.05, 0.1) is 0 Å². The van der Waals surface area contributed by atoms with Crippen LogP contribution in [0.3, 0.4) is 0 Å². The first-order chi connectivity index (χ1) is 4.22. The van der Waals surface area contributed by atoms with Crippen molar-refractivity contribution in [2.75, 3.05) is 0 Å². The van der Waals surface area contributed by atoms with Crippen LogP contribution < -0.4 is 0 Å². The molecule has 0 atom stereocenters. The first-order valence-electron chi connectivity index (χ1n) is 2.19. The molecule has 0 saturated carbocycles. The van der Waals surface area contributed by atoms with Crippen LogP contribution in [0.1, 0.15) is 0 Å². The van der Waals surface area contributed by atoms with Gasteiger partial charge in [-0.25, -0.2) is 9.37 Å². The first-order valence-corrected chi connectivity index (χ1v) is 2.19. The van der Waals surface area contributed by atoms with Gasteiger partial charge in [0, 0.05) is 6.20 Å². The number of hydrogen-bond donors (Lipinski definition) is 0. The van der Waals surface area contributed by atoms with Crippen molar-refractivity contribution >= 4 is 0 Å². The molecule has 2 nitrogen and oxygen atoms in total. The monoisotopic (exact) mass is 130 g/mol. The first kappa shape index (κ1) is 5.94. The van der Waals surface area contributed by atoms with E-state index in [0.29, 0.717) is 0 Å². The Hall–Kier alpha value is -1.19. The van der Waals surface area contributed by atoms with Crippen molar-refractivity contribution in [3.8, 4) is 5.88 Å². The van der Waals surface area contributed by atoms with Crippen LogP contribution in [0.15, 0.2) is 12.3 Å². The largest absolute Gasteiger partial charge is 0.308 e. The van der Waals surface area contributed by atoms with Crippen LogP contribution in [-0.4, -0.2) is 4.98 Å². The maximum absolute atomic E-state index is 12.0. The highest BCUT2D eigenvalue weighted by atomic mass is 19.2. The standard InChI is InChI=1S/C5H2F2NO/c6-3-1-2-8-5(9)4(3)7/h1-2H. The second-order valence-electron chi connectivity index (χ2n) is 1.41. The van der Waals surface area contributed by atoms with Crippen LogP contribution in [0.2, 0.25) is 0 Å². The molecule has 4 heteroatoms. The average Bonchev–Trinajstić information content (AvgIpc) is 1.83. The molecule has 0 spiro atoms. The normalized spacial score (nSPS) is 9.56. The second-order valence-corrected chi connectivity index (χ2v) is 1.41. The Bertz CT molecular complexity index is 206. The van der Waals surface area contributed by atoms with Crippen LogP contribution in [0.4, 0.5) is 8.78 Å². The lowest BCUT2D eigenvalue weighted by molar-refractivity contribution is 0.302. The Morgan fingerprint density at radius 1 is 1.44 bits per heavy atom. The summed E-state index contributed by atoms with van der Waals surface area (Å²) in [5, 5.41) is 10.1. The van der Waals surface area contributed by atoms with Gasteiger partial charge in [-0.15, -0.1) is 0 Å². The zero-order chi connectivity index (χ0) is 6.85. The number of rotatable bonds is 0. The van der Waals surface area contributed by atoms with E-state index in [9.17, 15) is 13.9 Å². The van der Waals surface area contributed by atoms with Gasteiger partial charge in [0.25, 0.3) is 0 Å². The van der Waals surface area contributed by atoms with Gasteiger partial charge in [0.15, 0.2) is 5.82 Å². The third-order valence-electron chi connectivity index (χ3n) is 0.810. The molecule has 9 heavy (non-hydrogen) atoms. The summed E-state index contributed by atoms with van der Waals surface area (Å²) in [6.07, 6.45) is 0.917. The molecule has 0 aliphatic heterocycles. The second kappa shape index (κ2) is 1.97. The molecule has 1 rings (SSSR count). The summed E-state index contributed by atoms with van der Waals surface area (Å²) in [6, 6.07) is 0.788. The van der Waals surface area contributed by atoms with Crippen molar-refractivity contribution in [3.63, 3.8) is 0 Å². The summed E-state index contributed by atoms with van der Waals surface area (Å²) < 4.78 is 23.9. The lowest BCUT2D eigenvalue weighted by Gasteiger charge is -1.88. The average molecular weight is 130 g/mol. The molecule has 0 saturated heterocycles. The maximum atomic E-state index is 12.0. The van der Waals surface area contributed by atoms with E-state index in [1.807, 2.05) is 0 Å². The molecule has 1 aromatic heterocycles. The van der Waals surface area contributed by atoms with E-state index < -0.39 is 17.5 Å². The predicted octanol–water partition coefficient (Wildman–Crippen LogP) is 1.50. The fourth-order valence-electron chi connectivity index (χ4n) is 0.402. The smallest absolute Gasteiger partial charge is 0.264 e. The highest BCUT2D eigenvalue weighted by Crippen LogP contribution is 2.13. The molecular weight excluding hydrogens is 128 g/mol. The lowest BCUT2D eigenvalue weighted by atomic mass is 10.4. The van der Waals surface area contributed by atoms with Gasteiger partial charge >= 0.3 is 5.88 Å². The van der Waals surface area contributed by atoms with Crippen molar-refractivity contribution in [2.45, 2.75) is 0 Å². The minimum Gasteiger partial charge on any atom is -0.264 e. The summed E-state index contributed by atoms with van der Waals surface area (Å²) in [6.45, 7) is 0. The molecule has 0 fully saturated rings. The molecule has 0 bridgehead atoms. The van der Waals surface area contributed by atoms with Gasteiger partial charge in [-0.2, -0.15) is 4.39 Å². The SMILES string of the molecule is [O]c1nccc(F)c1F. The fraction of sp³-hybridized carbons (Fsp3) is 0. The molecule has 1 radical (unpaired) electrons. The topological polar surface area (TPSA) is 32.8 Å². The van der Waals surface area contributed by atoms with E-state index in [1.165, 1.54) is 0 Å². The minimum absolute atomic E-state index is 0.788. The third-order valence-corrected chi connectivity index (χ3v) is 0.810. The summed E-state index contributed by atoms with van der Waals surface area (Å²) in [5.41, 5.74) is 0. The van der Waals surface area contributed by atoms with E-state index >= 15 is 0 Å². The number of aromatic nitrogens is 1. The Balaban J connectivity index is 3.25. The van der Waals surface area contributed by atoms with Crippen molar-refractivity contribution < 1.29 is 13.9 Å². The van der Waals surface area contributed by atoms with Crippen molar-refractivity contribution in [3.05, 3.63) is 23.9 Å². The molecule has 1 aromatic rings. The molecule has 0 unspecified atom stereocenters. The molecule has 0 amide bonds. The van der Waals surface area contributed by atoms with Crippen LogP contribution in [-0.2, 0) is 5.11 Å². The molecule has 0 aliphatic rings. The predicted molar refractivity (Wildman–Crippen MR) is 24.3 cm³/mol. The summed E-state index contributed by atoms with van der Waals surface area (Å²) >= 11 is 0. The van der Waals surface area contributed by atoms with Gasteiger partial charge in [-0.1, -0.05) is 0 Å². The summed E-state index contributed by atoms with van der Waals surface area (Å²) in [4.78, 5) is 2.97. The number of nitrogens with zero attached hydrogens (tertiary/aromatic N) is 1. The van der Waals surface area contributed by atoms with Crippen LogP contribution in [0, 0.1) is 11.6 Å². The molecular formula is C5H2F2NO. The quantitative estimate of drug-likeness (QED) is 0.523. The van der Waals surface area contributed by atoms with Crippen molar-refractivity contribution in [1.82, 2.24) is 4.98 Å². The summed E-state index contributed by atoms with van der Waals surface area (Å²) in [5.74, 6) is -3.73. The van der Waals surface area contributed by atoms with Crippen LogP contribution in [0.5, 0.6) is 5.88 Å². The van der Waals surface area contributed by atoms with Gasteiger partial charge < -0.3 is 0 Å². The van der Waals surface area contributed by atoms with Gasteiger partial charge in [0.1, 0.15) is 0 Å². The highest BCUT2D eigenvalue weighted by molar-refractivity contribution is 5.12. The molecule has 0 aromatic carbocycles. The zero-order valence-electron chi connectivity index (χ0n) is 4.27. The molecule has 0 N–H and O–H groups in total. The van der Waals surface area contributed by atoms with Gasteiger partial charge in [-0.3, -0.25) is 5.11 Å². The Labute approximate surface area is 49.8 Å². The zero-order valence-corrected chi connectivity index (χ0v) is 4.27. The maximum Gasteiger partial charge on any atom is 0.308 e. The van der Waals surface area contributed by atoms with E-state index in [-0.39, 0.29) is 0 Å². The number of hydrogen-bond acceptors (Lipinski definition) is 1. The van der Waals surface area contributed by atoms with Crippen LogP contribution >= 0.6 is 0 Å². The Morgan fingerprint density at radius 3 is 2.56 bits per heavy atom. The van der Waals surface area contributed by atoms with Crippen molar-refractivity contribution in [1.29, 1.82) is 0 Å². The van der Waals surface area contributed by atoms with E-state index in [4.69, 9.17) is 0 Å². The van der Waals surface area contributed by atoms with E-state index in [0.717, 1.165) is 12.3 Å². The van der Waals surface area contributed by atoms with E-state index in [2.05, 4.69) is 4.98 Å². The van der Waals surface area contributed by atoms with Crippen molar-refractivity contribution in [2.24, 2.45) is 0 Å². The molecule has 0 aliphatic carbocycles. The fourth-order valence-corrected chi connectivity index (χ4v) is 0.402. The van der Waals surface area contributed by atoms with Crippen LogP contribution in [0.25, 0.3) is 0 Å². The number of pyridine rings is 1. The Morgan fingerprint density at radius 2 is 2.11 bits per heavy atom. The van der Waals surface area contributed by atoms with Gasteiger partial charge in [0.2, 0.25) is 5.82 Å².